The summed E-state index contributed by atoms with van der Waals surface area (Å²) in [6, 6.07) is 12.9. The summed E-state index contributed by atoms with van der Waals surface area (Å²) in [5.74, 6) is -0.469. The van der Waals surface area contributed by atoms with E-state index in [9.17, 15) is 27.6 Å². The van der Waals surface area contributed by atoms with Crippen molar-refractivity contribution in [3.63, 3.8) is 0 Å². The molecule has 0 radical (unpaired) electrons. The number of fused-ring (bicyclic) bond motifs is 3. The first-order chi connectivity index (χ1) is 26.9. The Kier molecular flexibility index (Phi) is 12.6. The number of terminal acetylenes is 1. The number of amides is 4. The van der Waals surface area contributed by atoms with Crippen molar-refractivity contribution in [2.24, 2.45) is 5.92 Å². The first-order valence-electron chi connectivity index (χ1n) is 18.7. The highest BCUT2D eigenvalue weighted by molar-refractivity contribution is 7.90. The van der Waals surface area contributed by atoms with Gasteiger partial charge in [0.1, 0.15) is 23.9 Å². The quantitative estimate of drug-likeness (QED) is 0.0654. The van der Waals surface area contributed by atoms with Crippen molar-refractivity contribution in [1.82, 2.24) is 35.2 Å². The second-order valence-electron chi connectivity index (χ2n) is 14.2. The van der Waals surface area contributed by atoms with Gasteiger partial charge in [-0.15, -0.1) is 12.3 Å². The minimum Gasteiger partial charge on any atom is -0.472 e. The van der Waals surface area contributed by atoms with Crippen molar-refractivity contribution in [2.45, 2.75) is 82.2 Å². The fraction of sp³-hybridized carbons (Fsp3) is 0.390. The molecule has 2 fully saturated rings. The molecular weight excluding hydrogens is 735 g/mol. The molecule has 292 valence electrons. The fourth-order valence-electron chi connectivity index (χ4n) is 6.65. The number of carbonyl (C=O) groups is 4. The molecular formula is C41H45N7O7S. The summed E-state index contributed by atoms with van der Waals surface area (Å²) >= 11 is 0. The second kappa shape index (κ2) is 17.7. The van der Waals surface area contributed by atoms with Crippen LogP contribution in [0.15, 0.2) is 73.1 Å². The number of hydrogen-bond acceptors (Lipinski definition) is 10. The van der Waals surface area contributed by atoms with Gasteiger partial charge in [-0.1, -0.05) is 55.5 Å². The molecule has 4 amide bonds. The van der Waals surface area contributed by atoms with E-state index in [1.807, 2.05) is 54.6 Å². The molecule has 56 heavy (non-hydrogen) atoms. The van der Waals surface area contributed by atoms with Crippen molar-refractivity contribution in [3.8, 4) is 18.2 Å². The zero-order chi connectivity index (χ0) is 39.8. The minimum atomic E-state index is -3.93. The predicted molar refractivity (Wildman–Crippen MR) is 211 cm³/mol. The lowest BCUT2D eigenvalue weighted by molar-refractivity contribution is -0.139. The number of para-hydroxylation sites is 1. The number of aryl methyl sites for hydroxylation is 1. The lowest BCUT2D eigenvalue weighted by Crippen LogP contribution is -2.56. The van der Waals surface area contributed by atoms with Crippen LogP contribution in [0, 0.1) is 25.2 Å². The molecule has 6 rings (SSSR count). The van der Waals surface area contributed by atoms with E-state index in [0.717, 1.165) is 29.0 Å². The number of unbranched alkanes of at least 4 members (excludes halogenated alkanes) is 3. The summed E-state index contributed by atoms with van der Waals surface area (Å²) in [7, 11) is -3.93. The van der Waals surface area contributed by atoms with Gasteiger partial charge in [0.05, 0.1) is 35.7 Å². The Balaban J connectivity index is 1.25. The molecule has 0 spiro atoms. The molecule has 1 saturated heterocycles. The number of ether oxygens (including phenoxy) is 1. The molecule has 2 aromatic carbocycles. The second-order valence-corrected chi connectivity index (χ2v) is 16.1. The molecule has 2 aromatic heterocycles. The Morgan fingerprint density at radius 2 is 1.75 bits per heavy atom. The highest BCUT2D eigenvalue weighted by Gasteiger charge is 2.44. The number of benzene rings is 2. The van der Waals surface area contributed by atoms with Gasteiger partial charge in [-0.05, 0) is 56.5 Å². The highest BCUT2D eigenvalue weighted by Crippen LogP contribution is 2.33. The van der Waals surface area contributed by atoms with Gasteiger partial charge in [-0.25, -0.2) is 18.4 Å². The number of likely N-dealkylation sites (tertiary alicyclic amines) is 1. The van der Waals surface area contributed by atoms with E-state index in [0.29, 0.717) is 42.8 Å². The lowest BCUT2D eigenvalue weighted by Gasteiger charge is -2.27. The molecule has 4 atom stereocenters. The van der Waals surface area contributed by atoms with Crippen molar-refractivity contribution in [1.29, 1.82) is 0 Å². The van der Waals surface area contributed by atoms with Crippen LogP contribution in [0.2, 0.25) is 0 Å². The Hall–Kier alpha value is -5.88. The molecule has 3 N–H and O–H groups in total. The van der Waals surface area contributed by atoms with Gasteiger partial charge >= 0.3 is 0 Å². The van der Waals surface area contributed by atoms with Crippen LogP contribution in [0.25, 0.3) is 21.7 Å². The monoisotopic (exact) mass is 779 g/mol. The van der Waals surface area contributed by atoms with Crippen LogP contribution < -0.4 is 20.1 Å². The van der Waals surface area contributed by atoms with Crippen LogP contribution >= 0.6 is 0 Å². The van der Waals surface area contributed by atoms with Gasteiger partial charge in [0.15, 0.2) is 0 Å². The molecule has 3 heterocycles. The number of nitrogens with zero attached hydrogens (tertiary/aromatic N) is 4. The average molecular weight is 780 g/mol. The van der Waals surface area contributed by atoms with Crippen LogP contribution in [0.5, 0.6) is 5.88 Å². The maximum absolute atomic E-state index is 14.3. The molecule has 0 bridgehead atoms. The zero-order valence-electron chi connectivity index (χ0n) is 31.3. The number of aromatic nitrogens is 3. The third-order valence-corrected chi connectivity index (χ3v) is 11.7. The number of sulfonamides is 1. The molecule has 1 unspecified atom stereocenters. The number of carbonyl (C=O) groups excluding carboxylic acids is 4. The SMILES string of the molecule is C#CCCCC/C=C\[C@@H](C)[C@@H](NC(=O)[C@@H]1CC(Oc2nc3ccccc3c3ccccc23)CN1C(=O)CNC(=O)c1cnc(C)cn1)C(=O)NS(=O)(=O)C1CC1. The molecule has 1 saturated carbocycles. The smallest absolute Gasteiger partial charge is 0.271 e. The van der Waals surface area contributed by atoms with Crippen LogP contribution in [-0.2, 0) is 24.4 Å². The third-order valence-electron chi connectivity index (χ3n) is 9.85. The predicted octanol–water partition coefficient (Wildman–Crippen LogP) is 3.74. The summed E-state index contributed by atoms with van der Waals surface area (Å²) < 4.78 is 34.3. The van der Waals surface area contributed by atoms with Gasteiger partial charge < -0.3 is 20.3 Å². The molecule has 4 aromatic rings. The summed E-state index contributed by atoms with van der Waals surface area (Å²) in [5, 5.41) is 7.26. The molecule has 2 aliphatic rings. The molecule has 15 heteroatoms. The lowest BCUT2D eigenvalue weighted by atomic mass is 9.99. The Bertz CT molecular complexity index is 2290. The molecule has 1 aliphatic heterocycles. The average Bonchev–Trinajstić information content (AvgIpc) is 3.98. The van der Waals surface area contributed by atoms with Gasteiger partial charge in [0, 0.05) is 35.7 Å². The van der Waals surface area contributed by atoms with Gasteiger partial charge in [-0.2, -0.15) is 0 Å². The van der Waals surface area contributed by atoms with E-state index in [2.05, 4.69) is 31.2 Å². The van der Waals surface area contributed by atoms with Crippen LogP contribution in [0.4, 0.5) is 0 Å². The van der Waals surface area contributed by atoms with Gasteiger partial charge in [0.25, 0.3) is 11.8 Å². The highest BCUT2D eigenvalue weighted by atomic mass is 32.2. The van der Waals surface area contributed by atoms with Gasteiger partial charge in [0.2, 0.25) is 27.7 Å². The standard InChI is InChI=1S/C41H45N7O7S/c1-4-5-6-7-8-9-14-26(2)37(40(52)47-56(53,54)29-19-20-29)46-39(51)35-21-28(25-48(35)36(49)24-44-38(50)34-23-42-27(3)22-43-34)55-41-32-17-11-10-15-30(32)31-16-12-13-18-33(31)45-41/h1,9-18,22-23,26,28-29,35,37H,5-8,19-21,24-25H2,2-3H3,(H,44,50)(H,46,51)(H,47,52)/b14-9-/t26-,28?,35+,37-/m1/s1. The summed E-state index contributed by atoms with van der Waals surface area (Å²) in [4.78, 5) is 68.8. The van der Waals surface area contributed by atoms with E-state index < -0.39 is 69.6 Å². The maximum Gasteiger partial charge on any atom is 0.271 e. The Labute approximate surface area is 325 Å². The molecule has 1 aliphatic carbocycles. The topological polar surface area (TPSA) is 190 Å². The van der Waals surface area contributed by atoms with Crippen molar-refractivity contribution < 1.29 is 32.3 Å². The first kappa shape index (κ1) is 39.8. The van der Waals surface area contributed by atoms with E-state index in [1.54, 1.807) is 19.9 Å². The number of nitrogens with one attached hydrogen (secondary N) is 3. The van der Waals surface area contributed by atoms with Crippen molar-refractivity contribution in [3.05, 3.63) is 84.5 Å². The van der Waals surface area contributed by atoms with E-state index in [-0.39, 0.29) is 18.7 Å². The van der Waals surface area contributed by atoms with Gasteiger partial charge in [-0.3, -0.25) is 28.9 Å². The number of allylic oxidation sites excluding steroid dienone is 1. The van der Waals surface area contributed by atoms with Crippen molar-refractivity contribution in [2.75, 3.05) is 13.1 Å². The zero-order valence-corrected chi connectivity index (χ0v) is 32.1. The normalized spacial score (nSPS) is 18.0. The Morgan fingerprint density at radius 3 is 2.46 bits per heavy atom. The number of pyridine rings is 1. The van der Waals surface area contributed by atoms with Crippen molar-refractivity contribution >= 4 is 55.3 Å². The fourth-order valence-corrected chi connectivity index (χ4v) is 7.98. The number of hydrogen-bond donors (Lipinski definition) is 3. The Morgan fingerprint density at radius 1 is 1.02 bits per heavy atom. The van der Waals surface area contributed by atoms with Crippen LogP contribution in [0.1, 0.15) is 68.1 Å². The van der Waals surface area contributed by atoms with E-state index >= 15 is 0 Å². The maximum atomic E-state index is 14.3. The van der Waals surface area contributed by atoms with E-state index in [4.69, 9.17) is 16.1 Å². The summed E-state index contributed by atoms with van der Waals surface area (Å²) in [5.41, 5.74) is 1.34. The summed E-state index contributed by atoms with van der Waals surface area (Å²) in [6.45, 7) is 2.92. The summed E-state index contributed by atoms with van der Waals surface area (Å²) in [6.07, 6.45) is 14.9. The van der Waals surface area contributed by atoms with Crippen LogP contribution in [0.3, 0.4) is 0 Å². The largest absolute Gasteiger partial charge is 0.472 e. The molecule has 14 nitrogen and oxygen atoms in total. The first-order valence-corrected chi connectivity index (χ1v) is 20.3. The number of rotatable bonds is 16. The van der Waals surface area contributed by atoms with Crippen LogP contribution in [-0.4, -0.2) is 88.4 Å². The minimum absolute atomic E-state index is 0.0164. The van der Waals surface area contributed by atoms with E-state index in [1.165, 1.54) is 17.3 Å². The third kappa shape index (κ3) is 9.67.